The summed E-state index contributed by atoms with van der Waals surface area (Å²) < 4.78 is 1.84. The first-order valence-electron chi connectivity index (χ1n) is 7.16. The fraction of sp³-hybridized carbons (Fsp3) is 0.400. The number of aromatic nitrogens is 2. The fourth-order valence-corrected chi connectivity index (χ4v) is 2.69. The number of hydrogen-bond acceptors (Lipinski definition) is 3. The van der Waals surface area contributed by atoms with E-state index in [0.29, 0.717) is 24.7 Å². The molecule has 1 N–H and O–H groups in total. The fourth-order valence-electron chi connectivity index (χ4n) is 2.69. The van der Waals surface area contributed by atoms with E-state index in [-0.39, 0.29) is 0 Å². The highest BCUT2D eigenvalue weighted by Crippen LogP contribution is 2.16. The predicted molar refractivity (Wildman–Crippen MR) is 78.8 cm³/mol. The average molecular weight is 286 g/mol. The first-order chi connectivity index (χ1) is 10.1. The third kappa shape index (κ3) is 2.89. The third-order valence-electron chi connectivity index (χ3n) is 3.79. The topological polar surface area (TPSA) is 66.7 Å². The summed E-state index contributed by atoms with van der Waals surface area (Å²) in [5.41, 5.74) is 1.31. The Morgan fingerprint density at radius 1 is 1.38 bits per heavy atom. The summed E-state index contributed by atoms with van der Waals surface area (Å²) in [6, 6.07) is 3.49. The van der Waals surface area contributed by atoms with E-state index >= 15 is 0 Å². The number of rotatable bonds is 1. The van der Waals surface area contributed by atoms with Gasteiger partial charge in [-0.3, -0.25) is 9.59 Å². The van der Waals surface area contributed by atoms with Gasteiger partial charge in [0, 0.05) is 43.4 Å². The zero-order chi connectivity index (χ0) is 14.8. The summed E-state index contributed by atoms with van der Waals surface area (Å²) in [5.74, 6) is -0.582. The van der Waals surface area contributed by atoms with Crippen molar-refractivity contribution in [2.45, 2.75) is 19.8 Å². The van der Waals surface area contributed by atoms with E-state index < -0.39 is 11.8 Å². The van der Waals surface area contributed by atoms with Crippen molar-refractivity contribution >= 4 is 23.1 Å². The van der Waals surface area contributed by atoms with Gasteiger partial charge in [-0.25, -0.2) is 4.98 Å². The van der Waals surface area contributed by atoms with Crippen LogP contribution in [0.2, 0.25) is 0 Å². The van der Waals surface area contributed by atoms with Crippen molar-refractivity contribution in [1.29, 1.82) is 0 Å². The summed E-state index contributed by atoms with van der Waals surface area (Å²) in [5, 5.41) is 2.65. The van der Waals surface area contributed by atoms with Crippen LogP contribution in [0.15, 0.2) is 30.7 Å². The maximum Gasteiger partial charge on any atom is 0.313 e. The van der Waals surface area contributed by atoms with Crippen LogP contribution in [0, 0.1) is 5.92 Å². The van der Waals surface area contributed by atoms with Gasteiger partial charge in [-0.05, 0) is 24.8 Å². The molecular formula is C15H18N4O2. The van der Waals surface area contributed by atoms with Crippen molar-refractivity contribution in [3.05, 3.63) is 30.7 Å². The van der Waals surface area contributed by atoms with Crippen molar-refractivity contribution in [3.8, 4) is 0 Å². The molecule has 1 aliphatic rings. The van der Waals surface area contributed by atoms with Crippen molar-refractivity contribution in [2.24, 2.45) is 5.92 Å². The van der Waals surface area contributed by atoms with Gasteiger partial charge in [0.15, 0.2) is 0 Å². The number of carbonyl (C=O) groups excluding carboxylic acids is 2. The first-order valence-corrected chi connectivity index (χ1v) is 7.16. The van der Waals surface area contributed by atoms with Crippen LogP contribution in [0.1, 0.15) is 19.8 Å². The number of fused-ring (bicyclic) bond motifs is 1. The van der Waals surface area contributed by atoms with Crippen LogP contribution in [0.3, 0.4) is 0 Å². The summed E-state index contributed by atoms with van der Waals surface area (Å²) in [4.78, 5) is 30.0. The molecule has 3 heterocycles. The number of piperidine rings is 1. The minimum atomic E-state index is -0.583. The summed E-state index contributed by atoms with van der Waals surface area (Å²) in [6.45, 7) is 3.42. The molecule has 0 aromatic carbocycles. The van der Waals surface area contributed by atoms with Gasteiger partial charge in [0.05, 0.1) is 0 Å². The summed E-state index contributed by atoms with van der Waals surface area (Å²) >= 11 is 0. The average Bonchev–Trinajstić information content (AvgIpc) is 2.94. The van der Waals surface area contributed by atoms with Crippen LogP contribution >= 0.6 is 0 Å². The number of nitrogens with one attached hydrogen (secondary N) is 1. The van der Waals surface area contributed by atoms with Crippen LogP contribution in [-0.4, -0.2) is 39.2 Å². The number of anilines is 1. The number of pyridine rings is 1. The Bertz CT molecular complexity index is 679. The Kier molecular flexibility index (Phi) is 3.60. The van der Waals surface area contributed by atoms with Gasteiger partial charge in [0.1, 0.15) is 5.65 Å². The number of carbonyl (C=O) groups is 2. The third-order valence-corrected chi connectivity index (χ3v) is 3.79. The van der Waals surface area contributed by atoms with E-state index in [1.54, 1.807) is 29.4 Å². The highest BCUT2D eigenvalue weighted by molar-refractivity contribution is 6.39. The second-order valence-corrected chi connectivity index (χ2v) is 5.56. The monoisotopic (exact) mass is 286 g/mol. The van der Waals surface area contributed by atoms with Crippen molar-refractivity contribution in [2.75, 3.05) is 18.4 Å². The molecule has 1 fully saturated rings. The molecule has 0 saturated carbocycles. The molecule has 1 saturated heterocycles. The molecule has 6 nitrogen and oxygen atoms in total. The maximum atomic E-state index is 12.2. The highest BCUT2D eigenvalue weighted by atomic mass is 16.2. The molecule has 2 aromatic heterocycles. The lowest BCUT2D eigenvalue weighted by atomic mass is 10.0. The Labute approximate surface area is 122 Å². The normalized spacial score (nSPS) is 18.7. The second-order valence-electron chi connectivity index (χ2n) is 5.56. The molecule has 0 spiro atoms. The summed E-state index contributed by atoms with van der Waals surface area (Å²) in [7, 11) is 0. The Balaban J connectivity index is 1.68. The number of imidazole rings is 1. The van der Waals surface area contributed by atoms with E-state index in [1.807, 2.05) is 10.6 Å². The SMILES string of the molecule is CC1CCCN(C(=O)C(=O)Nc2ccn3ccnc3c2)C1. The molecule has 6 heteroatoms. The second kappa shape index (κ2) is 5.55. The van der Waals surface area contributed by atoms with Gasteiger partial charge in [0.25, 0.3) is 0 Å². The molecule has 2 aromatic rings. The molecule has 1 aliphatic heterocycles. The van der Waals surface area contributed by atoms with Gasteiger partial charge in [-0.1, -0.05) is 6.92 Å². The molecule has 21 heavy (non-hydrogen) atoms. The molecule has 0 bridgehead atoms. The molecular weight excluding hydrogens is 268 g/mol. The number of likely N-dealkylation sites (tertiary alicyclic amines) is 1. The Morgan fingerprint density at radius 2 is 2.24 bits per heavy atom. The molecule has 3 rings (SSSR count). The van der Waals surface area contributed by atoms with Crippen LogP contribution in [0.4, 0.5) is 5.69 Å². The van der Waals surface area contributed by atoms with E-state index in [1.165, 1.54) is 0 Å². The highest BCUT2D eigenvalue weighted by Gasteiger charge is 2.26. The van der Waals surface area contributed by atoms with E-state index in [9.17, 15) is 9.59 Å². The van der Waals surface area contributed by atoms with Gasteiger partial charge < -0.3 is 14.6 Å². The van der Waals surface area contributed by atoms with Gasteiger partial charge >= 0.3 is 11.8 Å². The molecule has 0 radical (unpaired) electrons. The lowest BCUT2D eigenvalue weighted by Gasteiger charge is -2.30. The smallest absolute Gasteiger partial charge is 0.313 e. The molecule has 0 aliphatic carbocycles. The molecule has 2 amide bonds. The van der Waals surface area contributed by atoms with Crippen LogP contribution in [-0.2, 0) is 9.59 Å². The predicted octanol–water partition coefficient (Wildman–Crippen LogP) is 1.53. The maximum absolute atomic E-state index is 12.2. The number of amides is 2. The van der Waals surface area contributed by atoms with Crippen molar-refractivity contribution in [1.82, 2.24) is 14.3 Å². The number of hydrogen-bond donors (Lipinski definition) is 1. The van der Waals surface area contributed by atoms with Crippen LogP contribution in [0.25, 0.3) is 5.65 Å². The van der Waals surface area contributed by atoms with Gasteiger partial charge in [0.2, 0.25) is 0 Å². The van der Waals surface area contributed by atoms with Crippen molar-refractivity contribution < 1.29 is 9.59 Å². The zero-order valence-electron chi connectivity index (χ0n) is 12.0. The molecule has 1 unspecified atom stereocenters. The largest absolute Gasteiger partial charge is 0.334 e. The van der Waals surface area contributed by atoms with Crippen LogP contribution in [0.5, 0.6) is 0 Å². The van der Waals surface area contributed by atoms with E-state index in [0.717, 1.165) is 18.5 Å². The molecule has 110 valence electrons. The first kappa shape index (κ1) is 13.6. The van der Waals surface area contributed by atoms with E-state index in [2.05, 4.69) is 17.2 Å². The zero-order valence-corrected chi connectivity index (χ0v) is 12.0. The summed E-state index contributed by atoms with van der Waals surface area (Å²) in [6.07, 6.45) is 7.37. The minimum absolute atomic E-state index is 0.454. The molecule has 1 atom stereocenters. The number of nitrogens with zero attached hydrogens (tertiary/aromatic N) is 3. The van der Waals surface area contributed by atoms with Gasteiger partial charge in [-0.2, -0.15) is 0 Å². The van der Waals surface area contributed by atoms with Crippen LogP contribution < -0.4 is 5.32 Å². The lowest BCUT2D eigenvalue weighted by molar-refractivity contribution is -0.144. The van der Waals surface area contributed by atoms with Gasteiger partial charge in [-0.15, -0.1) is 0 Å². The lowest BCUT2D eigenvalue weighted by Crippen LogP contribution is -2.44. The van der Waals surface area contributed by atoms with Crippen molar-refractivity contribution in [3.63, 3.8) is 0 Å². The Morgan fingerprint density at radius 3 is 3.05 bits per heavy atom. The minimum Gasteiger partial charge on any atom is -0.334 e. The quantitative estimate of drug-likeness (QED) is 0.808. The standard InChI is InChI=1S/C15H18N4O2/c1-11-3-2-6-19(10-11)15(21)14(20)17-12-4-7-18-8-5-16-13(18)9-12/h4-5,7-9,11H,2-3,6,10H2,1H3,(H,17,20). The van der Waals surface area contributed by atoms with E-state index in [4.69, 9.17) is 0 Å². The Hall–Kier alpha value is -2.37.